The number of aryl methyl sites for hydroxylation is 1. The summed E-state index contributed by atoms with van der Waals surface area (Å²) >= 11 is 0. The average molecular weight is 1490 g/mol. The van der Waals surface area contributed by atoms with Crippen molar-refractivity contribution in [2.45, 2.75) is 16.7 Å². The van der Waals surface area contributed by atoms with Crippen LogP contribution in [-0.2, 0) is 20.2 Å². The Morgan fingerprint density at radius 2 is 0.712 bits per heavy atom. The van der Waals surface area contributed by atoms with Gasteiger partial charge >= 0.3 is 103 Å². The molecule has 104 heavy (non-hydrogen) atoms. The Balaban J connectivity index is 0.000000252. The zero-order valence-electron chi connectivity index (χ0n) is 55.6. The molecule has 0 aromatic heterocycles. The van der Waals surface area contributed by atoms with Gasteiger partial charge in [-0.15, -0.1) is 12.8 Å². The first-order valence-corrected chi connectivity index (χ1v) is 32.7. The van der Waals surface area contributed by atoms with E-state index in [4.69, 9.17) is 52.2 Å². The number of aromatic hydroxyl groups is 4. The van der Waals surface area contributed by atoms with Gasteiger partial charge in [-0.25, -0.2) is 34.4 Å². The summed E-state index contributed by atoms with van der Waals surface area (Å²) in [4.78, 5) is 23.6. The third kappa shape index (κ3) is 25.3. The maximum atomic E-state index is 13.2. The van der Waals surface area contributed by atoms with E-state index in [1.54, 1.807) is 86.0 Å². The summed E-state index contributed by atoms with van der Waals surface area (Å²) in [6.07, 6.45) is 10.4. The van der Waals surface area contributed by atoms with Gasteiger partial charge in [0.2, 0.25) is 0 Å². The van der Waals surface area contributed by atoms with Crippen molar-refractivity contribution < 1.29 is 195 Å². The molecule has 0 atom stereocenters. The van der Waals surface area contributed by atoms with Crippen molar-refractivity contribution in [2.75, 3.05) is 7.11 Å². The molecule has 0 amide bonds. The number of carbonyl (C=O) groups is 2. The summed E-state index contributed by atoms with van der Waals surface area (Å²) in [5, 5.41) is 35.9. The van der Waals surface area contributed by atoms with E-state index in [1.165, 1.54) is 72.8 Å². The van der Waals surface area contributed by atoms with Crippen LogP contribution in [0.2, 0.25) is 0 Å². The minimum Gasteiger partial charge on any atom is -0.744 e. The number of methoxy groups -OCH3 is 1. The topological polar surface area (TPSA) is 266 Å². The van der Waals surface area contributed by atoms with Crippen molar-refractivity contribution in [3.8, 4) is 110 Å². The van der Waals surface area contributed by atoms with E-state index in [-0.39, 0.29) is 154 Å². The van der Waals surface area contributed by atoms with Crippen LogP contribution in [0.3, 0.4) is 0 Å². The predicted octanol–water partition coefficient (Wildman–Crippen LogP) is 11.1. The van der Waals surface area contributed by atoms with E-state index < -0.39 is 59.0 Å². The van der Waals surface area contributed by atoms with Crippen molar-refractivity contribution in [3.05, 3.63) is 329 Å². The van der Waals surface area contributed by atoms with Crippen LogP contribution in [0.4, 0.5) is 17.6 Å². The minimum atomic E-state index is -4.94. The Hall–Kier alpha value is -9.69. The Labute approximate surface area is 682 Å². The van der Waals surface area contributed by atoms with Gasteiger partial charge in [0.1, 0.15) is 112 Å². The Kier molecular flexibility index (Phi) is 31.4. The molecule has 0 aliphatic carbocycles. The molecular weight excluding hydrogens is 1440 g/mol. The molecule has 12 rings (SSSR count). The van der Waals surface area contributed by atoms with Crippen molar-refractivity contribution in [3.63, 3.8) is 0 Å². The van der Waals surface area contributed by atoms with Crippen LogP contribution in [0, 0.1) is 54.9 Å². The fourth-order valence-corrected chi connectivity index (χ4v) is 10.4. The maximum Gasteiger partial charge on any atom is 1.00 e. The van der Waals surface area contributed by atoms with Gasteiger partial charge in [-0.1, -0.05) is 60.4 Å². The molecule has 12 aromatic rings. The van der Waals surface area contributed by atoms with Crippen LogP contribution in [0.25, 0.3) is 22.3 Å². The van der Waals surface area contributed by atoms with Gasteiger partial charge in [0.05, 0.1) is 12.0 Å². The third-order valence-electron chi connectivity index (χ3n) is 14.1. The number of ether oxygens (including phenoxy) is 4. The number of terminal acetylenes is 2. The summed E-state index contributed by atoms with van der Waals surface area (Å²) in [7, 11) is -8.03. The van der Waals surface area contributed by atoms with Crippen LogP contribution in [0.5, 0.6) is 63.2 Å². The fourth-order valence-electron chi connectivity index (χ4n) is 9.15. The van der Waals surface area contributed by atoms with Crippen LogP contribution in [0.1, 0.15) is 48.5 Å². The second-order valence-corrected chi connectivity index (χ2v) is 24.2. The van der Waals surface area contributed by atoms with E-state index in [0.717, 1.165) is 70.0 Å². The van der Waals surface area contributed by atoms with E-state index in [1.807, 2.05) is 79.7 Å². The third-order valence-corrected chi connectivity index (χ3v) is 15.9. The molecule has 0 aliphatic rings. The zero-order chi connectivity index (χ0) is 73.7. The molecule has 0 radical (unpaired) electrons. The second kappa shape index (κ2) is 39.3. The second-order valence-electron chi connectivity index (χ2n) is 21.5. The van der Waals surface area contributed by atoms with E-state index in [2.05, 4.69) is 11.8 Å². The number of phenolic OH excluding ortho intramolecular Hbond substituents is 4. The number of halogens is 4. The molecule has 0 fully saturated rings. The van der Waals surface area contributed by atoms with Crippen LogP contribution in [-0.4, -0.2) is 65.0 Å². The van der Waals surface area contributed by atoms with Crippen molar-refractivity contribution in [1.29, 1.82) is 0 Å². The van der Waals surface area contributed by atoms with Crippen LogP contribution >= 0.6 is 0 Å². The normalized spacial score (nSPS) is 10.3. The summed E-state index contributed by atoms with van der Waals surface area (Å²) in [6, 6.07) is 67.5. The molecule has 514 valence electrons. The molecule has 16 nitrogen and oxygen atoms in total. The first-order chi connectivity index (χ1) is 48.6. The smallest absolute Gasteiger partial charge is 0.744 e. The fraction of sp³-hybridized carbons (Fsp3) is 0.0250. The maximum absolute atomic E-state index is 13.2. The number of ketones is 2. The van der Waals surface area contributed by atoms with Gasteiger partial charge in [-0.2, -0.15) is 0 Å². The van der Waals surface area contributed by atoms with Crippen molar-refractivity contribution in [2.24, 2.45) is 0 Å². The number of carbonyl (C=O) groups excluding carboxylic acids is 2. The molecule has 0 unspecified atom stereocenters. The van der Waals surface area contributed by atoms with Gasteiger partial charge < -0.3 is 48.5 Å². The first-order valence-electron chi connectivity index (χ1n) is 29.9. The molecule has 12 aromatic carbocycles. The molecule has 0 aliphatic heterocycles. The van der Waals surface area contributed by atoms with E-state index in [0.29, 0.717) is 51.1 Å². The zero-order valence-corrected chi connectivity index (χ0v) is 63.5. The minimum absolute atomic E-state index is 0. The number of phenols is 4. The molecule has 0 saturated carbocycles. The molecule has 4 N–H and O–H groups in total. The molecule has 0 bridgehead atoms. The summed E-state index contributed by atoms with van der Waals surface area (Å²) in [5.74, 6) is 4.10. The standard InChI is InChI=1S/C41H30O8S.C13H8F2O.C12H10O2.C8H4F2.C6H6O5S.2K/c1-4-28-23-27(2)24-38(25-28)48-37-21-22-39(40(26-37)50(43,44)45)49-36-19-11-32(12-20-36)41(42)31-9-17-35(18-10-31)47-34-15-7-30(8-16-34)29-5-13-33(46-3)14-6-29;14-11-5-1-9(2-6-11)13(16)10-3-7-12(15)8-4-10;13-11-5-1-9(2-6-11)10-3-7-12(14)8-4-10;1-2-6-3-7(9)5-8(10)4-6;7-4-1-2-5(8)6(3-4)12(9,10)11;;/h1,5-26H,2-3H3,(H,43,44,45);1-8H;1-8,13-14H;1,3-5H;1-3,7-8H,(H,9,10,11);;/q;;;;;2*+1/p-2. The van der Waals surface area contributed by atoms with Crippen molar-refractivity contribution in [1.82, 2.24) is 0 Å². The Morgan fingerprint density at radius 3 is 1.11 bits per heavy atom. The quantitative estimate of drug-likeness (QED) is 0.0186. The molecule has 0 spiro atoms. The molecular formula is C80H56F4K2O16S2. The molecule has 0 saturated heterocycles. The van der Waals surface area contributed by atoms with E-state index >= 15 is 0 Å². The molecule has 24 heteroatoms. The molecule has 0 heterocycles. The monoisotopic (exact) mass is 1490 g/mol. The largest absolute Gasteiger partial charge is 1.00 e. The summed E-state index contributed by atoms with van der Waals surface area (Å²) < 4.78 is 140. The Bertz CT molecular complexity index is 5130. The predicted molar refractivity (Wildman–Crippen MR) is 372 cm³/mol. The van der Waals surface area contributed by atoms with Gasteiger partial charge in [-0.05, 0) is 235 Å². The number of benzene rings is 12. The Morgan fingerprint density at radius 1 is 0.365 bits per heavy atom. The number of rotatable bonds is 15. The van der Waals surface area contributed by atoms with Crippen LogP contribution < -0.4 is 122 Å². The van der Waals surface area contributed by atoms with E-state index in [9.17, 15) is 53.1 Å². The number of hydrogen-bond acceptors (Lipinski definition) is 16. The first kappa shape index (κ1) is 83.3. The van der Waals surface area contributed by atoms with Gasteiger partial charge in [-0.3, -0.25) is 9.59 Å². The van der Waals surface area contributed by atoms with Gasteiger partial charge in [0.15, 0.2) is 11.6 Å². The van der Waals surface area contributed by atoms with Gasteiger partial charge in [0.25, 0.3) is 0 Å². The van der Waals surface area contributed by atoms with Crippen LogP contribution in [0.15, 0.2) is 277 Å². The number of hydrogen-bond donors (Lipinski definition) is 4. The van der Waals surface area contributed by atoms with Gasteiger partial charge in [0, 0.05) is 51.6 Å². The average Bonchev–Trinajstić information content (AvgIpc) is 0.801. The summed E-state index contributed by atoms with van der Waals surface area (Å²) in [5.41, 5.74) is 7.37. The SMILES string of the molecule is C#Cc1cc(C)cc(Oc2ccc(Oc3ccc(C(=O)c4ccc(Oc5ccc(-c6ccc(OC)cc6)cc5)cc4)cc3)c(S(=O)(=O)[O-])c2)c1.C#Cc1cc(F)cc(F)c1.O=C(c1ccc(F)cc1)c1ccc(F)cc1.O=S(=O)([O-])c1cc(O)ccc1O.Oc1ccc(-c2ccc(O)cc2)cc1.[K+].[K+]. The summed E-state index contributed by atoms with van der Waals surface area (Å²) in [6.45, 7) is 1.84. The van der Waals surface area contributed by atoms with Crippen molar-refractivity contribution >= 4 is 31.8 Å².